The average molecular weight is 278 g/mol. The van der Waals surface area contributed by atoms with Crippen LogP contribution in [0.4, 0.5) is 11.4 Å². The van der Waals surface area contributed by atoms with E-state index in [0.717, 1.165) is 38.0 Å². The first kappa shape index (κ1) is 14.7. The lowest BCUT2D eigenvalue weighted by molar-refractivity contribution is -0.383. The van der Waals surface area contributed by atoms with Gasteiger partial charge in [-0.15, -0.1) is 0 Å². The number of nitrogens with two attached hydrogens (primary N) is 1. The van der Waals surface area contributed by atoms with Crippen LogP contribution < -0.4 is 5.73 Å². The summed E-state index contributed by atoms with van der Waals surface area (Å²) in [6.45, 7) is 2.92. The Kier molecular flexibility index (Phi) is 4.57. The van der Waals surface area contributed by atoms with Crippen molar-refractivity contribution in [3.05, 3.63) is 33.9 Å². The number of rotatable bonds is 4. The molecule has 0 atom stereocenters. The van der Waals surface area contributed by atoms with Gasteiger partial charge in [0.2, 0.25) is 0 Å². The fraction of sp³-hybridized carbons (Fsp3) is 0.571. The highest BCUT2D eigenvalue weighted by atomic mass is 16.6. The molecule has 1 aromatic rings. The van der Waals surface area contributed by atoms with E-state index >= 15 is 0 Å². The van der Waals surface area contributed by atoms with Crippen molar-refractivity contribution in [2.45, 2.75) is 25.4 Å². The second kappa shape index (κ2) is 6.19. The fourth-order valence-corrected chi connectivity index (χ4v) is 2.72. The summed E-state index contributed by atoms with van der Waals surface area (Å²) in [7, 11) is 4.24. The summed E-state index contributed by atoms with van der Waals surface area (Å²) in [5.74, 6) is 0. The van der Waals surface area contributed by atoms with Crippen LogP contribution in [0.2, 0.25) is 0 Å². The topological polar surface area (TPSA) is 75.6 Å². The van der Waals surface area contributed by atoms with Crippen molar-refractivity contribution in [1.29, 1.82) is 0 Å². The van der Waals surface area contributed by atoms with Crippen LogP contribution in [0, 0.1) is 10.1 Å². The summed E-state index contributed by atoms with van der Waals surface area (Å²) in [5, 5.41) is 10.7. The van der Waals surface area contributed by atoms with Crippen LogP contribution in [0.25, 0.3) is 0 Å². The molecule has 2 N–H and O–H groups in total. The molecule has 0 radical (unpaired) electrons. The lowest BCUT2D eigenvalue weighted by atomic mass is 10.0. The predicted octanol–water partition coefficient (Wildman–Crippen LogP) is 1.70. The number of hydrogen-bond donors (Lipinski definition) is 1. The SMILES string of the molecule is CN(C)C1CCN(Cc2ccc([N+](=O)[O-])c(N)c2)CC1. The zero-order valence-electron chi connectivity index (χ0n) is 12.1. The van der Waals surface area contributed by atoms with Gasteiger partial charge in [-0.05, 0) is 51.7 Å². The number of anilines is 1. The Labute approximate surface area is 119 Å². The van der Waals surface area contributed by atoms with E-state index in [1.54, 1.807) is 12.1 Å². The molecule has 0 aromatic heterocycles. The van der Waals surface area contributed by atoms with Crippen LogP contribution in [0.1, 0.15) is 18.4 Å². The highest BCUT2D eigenvalue weighted by molar-refractivity contribution is 5.59. The molecule has 0 unspecified atom stereocenters. The van der Waals surface area contributed by atoms with Crippen LogP contribution in [-0.4, -0.2) is 47.9 Å². The van der Waals surface area contributed by atoms with Gasteiger partial charge in [-0.2, -0.15) is 0 Å². The highest BCUT2D eigenvalue weighted by Gasteiger charge is 2.21. The van der Waals surface area contributed by atoms with Gasteiger partial charge >= 0.3 is 0 Å². The average Bonchev–Trinajstić information content (AvgIpc) is 2.39. The molecule has 6 nitrogen and oxygen atoms in total. The van der Waals surface area contributed by atoms with Crippen molar-refractivity contribution in [1.82, 2.24) is 9.80 Å². The van der Waals surface area contributed by atoms with Crippen molar-refractivity contribution in [3.63, 3.8) is 0 Å². The van der Waals surface area contributed by atoms with Gasteiger partial charge in [0.25, 0.3) is 5.69 Å². The van der Waals surface area contributed by atoms with Crippen LogP contribution in [0.15, 0.2) is 18.2 Å². The number of benzene rings is 1. The molecule has 6 heteroatoms. The van der Waals surface area contributed by atoms with Gasteiger partial charge in [0.05, 0.1) is 4.92 Å². The Morgan fingerprint density at radius 3 is 2.55 bits per heavy atom. The van der Waals surface area contributed by atoms with Crippen LogP contribution >= 0.6 is 0 Å². The van der Waals surface area contributed by atoms with Crippen molar-refractivity contribution >= 4 is 11.4 Å². The molecule has 1 aromatic carbocycles. The highest BCUT2D eigenvalue weighted by Crippen LogP contribution is 2.24. The van der Waals surface area contributed by atoms with E-state index in [-0.39, 0.29) is 11.4 Å². The summed E-state index contributed by atoms with van der Waals surface area (Å²) < 4.78 is 0. The number of hydrogen-bond acceptors (Lipinski definition) is 5. The number of nitrogen functional groups attached to an aromatic ring is 1. The first-order valence-electron chi connectivity index (χ1n) is 6.89. The zero-order valence-corrected chi connectivity index (χ0v) is 12.1. The van der Waals surface area contributed by atoms with E-state index in [1.165, 1.54) is 6.07 Å². The van der Waals surface area contributed by atoms with Gasteiger partial charge in [0, 0.05) is 18.7 Å². The molecule has 1 aliphatic rings. The van der Waals surface area contributed by atoms with Crippen molar-refractivity contribution in [2.24, 2.45) is 0 Å². The monoisotopic (exact) mass is 278 g/mol. The molecule has 20 heavy (non-hydrogen) atoms. The number of nitrogens with zero attached hydrogens (tertiary/aromatic N) is 3. The minimum Gasteiger partial charge on any atom is -0.393 e. The van der Waals surface area contributed by atoms with E-state index in [0.29, 0.717) is 6.04 Å². The van der Waals surface area contributed by atoms with Gasteiger partial charge in [-0.1, -0.05) is 6.07 Å². The van der Waals surface area contributed by atoms with Crippen LogP contribution in [0.5, 0.6) is 0 Å². The largest absolute Gasteiger partial charge is 0.393 e. The summed E-state index contributed by atoms with van der Waals surface area (Å²) in [4.78, 5) is 14.9. The normalized spacial score (nSPS) is 17.6. The molecule has 0 bridgehead atoms. The number of nitro benzene ring substituents is 1. The third-order valence-corrected chi connectivity index (χ3v) is 3.98. The molecule has 0 saturated carbocycles. The van der Waals surface area contributed by atoms with Gasteiger partial charge in [-0.3, -0.25) is 15.0 Å². The van der Waals surface area contributed by atoms with Gasteiger partial charge < -0.3 is 10.6 Å². The Morgan fingerprint density at radius 1 is 1.40 bits per heavy atom. The van der Waals surface area contributed by atoms with Gasteiger partial charge in [-0.25, -0.2) is 0 Å². The zero-order chi connectivity index (χ0) is 14.7. The maximum atomic E-state index is 10.7. The Morgan fingerprint density at radius 2 is 2.05 bits per heavy atom. The minimum absolute atomic E-state index is 0.0138. The molecule has 2 rings (SSSR count). The minimum atomic E-state index is -0.443. The standard InChI is InChI=1S/C14H22N4O2/c1-16(2)12-5-7-17(8-6-12)10-11-3-4-14(18(19)20)13(15)9-11/h3-4,9,12H,5-8,10,15H2,1-2H3. The predicted molar refractivity (Wildman–Crippen MR) is 79.5 cm³/mol. The Balaban J connectivity index is 1.95. The van der Waals surface area contributed by atoms with Crippen LogP contribution in [-0.2, 0) is 6.54 Å². The maximum Gasteiger partial charge on any atom is 0.292 e. The summed E-state index contributed by atoms with van der Waals surface area (Å²) >= 11 is 0. The molecule has 0 amide bonds. The molecule has 1 fully saturated rings. The third kappa shape index (κ3) is 3.46. The van der Waals surface area contributed by atoms with E-state index in [1.807, 2.05) is 0 Å². The molecule has 110 valence electrons. The maximum absolute atomic E-state index is 10.7. The van der Waals surface area contributed by atoms with E-state index in [2.05, 4.69) is 23.9 Å². The smallest absolute Gasteiger partial charge is 0.292 e. The molecular formula is C14H22N4O2. The summed E-state index contributed by atoms with van der Waals surface area (Å²) in [6, 6.07) is 5.67. The number of likely N-dealkylation sites (tertiary alicyclic amines) is 1. The molecule has 1 heterocycles. The molecule has 1 saturated heterocycles. The fourth-order valence-electron chi connectivity index (χ4n) is 2.72. The first-order chi connectivity index (χ1) is 9.47. The Hall–Kier alpha value is -1.66. The van der Waals surface area contributed by atoms with Crippen molar-refractivity contribution in [2.75, 3.05) is 32.9 Å². The summed E-state index contributed by atoms with van der Waals surface area (Å²) in [5.41, 5.74) is 6.99. The Bertz CT molecular complexity index is 482. The van der Waals surface area contributed by atoms with Gasteiger partial charge in [0.1, 0.15) is 5.69 Å². The lowest BCUT2D eigenvalue weighted by Gasteiger charge is -2.35. The lowest BCUT2D eigenvalue weighted by Crippen LogP contribution is -2.41. The van der Waals surface area contributed by atoms with Crippen molar-refractivity contribution in [3.8, 4) is 0 Å². The van der Waals surface area contributed by atoms with E-state index < -0.39 is 4.92 Å². The molecular weight excluding hydrogens is 256 g/mol. The van der Waals surface area contributed by atoms with E-state index in [4.69, 9.17) is 5.73 Å². The number of nitro groups is 1. The third-order valence-electron chi connectivity index (χ3n) is 3.98. The first-order valence-corrected chi connectivity index (χ1v) is 6.89. The van der Waals surface area contributed by atoms with Crippen molar-refractivity contribution < 1.29 is 4.92 Å². The second-order valence-corrected chi connectivity index (χ2v) is 5.62. The number of piperidine rings is 1. The van der Waals surface area contributed by atoms with E-state index in [9.17, 15) is 10.1 Å². The van der Waals surface area contributed by atoms with Crippen LogP contribution in [0.3, 0.4) is 0 Å². The molecule has 0 spiro atoms. The second-order valence-electron chi connectivity index (χ2n) is 5.62. The summed E-state index contributed by atoms with van der Waals surface area (Å²) in [6.07, 6.45) is 2.32. The molecule has 0 aliphatic carbocycles. The molecule has 1 aliphatic heterocycles. The quantitative estimate of drug-likeness (QED) is 0.515. The van der Waals surface area contributed by atoms with Gasteiger partial charge in [0.15, 0.2) is 0 Å².